The smallest absolute Gasteiger partial charge is 0.252 e. The molecule has 0 aliphatic rings. The summed E-state index contributed by atoms with van der Waals surface area (Å²) in [6.07, 6.45) is -3.27. The van der Waals surface area contributed by atoms with E-state index in [1.165, 1.54) is 6.07 Å². The van der Waals surface area contributed by atoms with Crippen molar-refractivity contribution in [3.8, 4) is 11.5 Å². The van der Waals surface area contributed by atoms with Gasteiger partial charge in [-0.25, -0.2) is 0 Å². The Morgan fingerprint density at radius 1 is 1.25 bits per heavy atom. The molecule has 1 rings (SSSR count). The first-order chi connectivity index (χ1) is 7.18. The highest BCUT2D eigenvalue weighted by molar-refractivity contribution is 6.83. The maximum Gasteiger partial charge on any atom is 0.433 e. The minimum Gasteiger partial charge on any atom is -0.252 e. The van der Waals surface area contributed by atoms with Crippen LogP contribution in [0.3, 0.4) is 0 Å². The van der Waals surface area contributed by atoms with Crippen LogP contribution in [0.5, 0.6) is 0 Å². The summed E-state index contributed by atoms with van der Waals surface area (Å²) in [5, 5.41) is 0. The Kier molecular flexibility index (Phi) is 3.43. The molecule has 1 aromatic rings. The molecule has 0 fully saturated rings. The molecule has 0 spiro atoms. The Balaban J connectivity index is 3.04. The topological polar surface area (TPSA) is 12.9 Å². The van der Waals surface area contributed by atoms with Gasteiger partial charge in [0.15, 0.2) is 0 Å². The molecule has 0 atom stereocenters. The quantitative estimate of drug-likeness (QED) is 0.503. The second-order valence-electron chi connectivity index (χ2n) is 4.43. The van der Waals surface area contributed by atoms with Crippen LogP contribution in [-0.4, -0.2) is 13.1 Å². The van der Waals surface area contributed by atoms with E-state index in [1.807, 2.05) is 19.6 Å². The Morgan fingerprint density at radius 3 is 2.38 bits per heavy atom. The SMILES string of the molecule is C[Si](C)(C)C#Cc1ccnc(C(F)(F)F)c1. The Labute approximate surface area is 93.7 Å². The van der Waals surface area contributed by atoms with Crippen LogP contribution >= 0.6 is 0 Å². The molecule has 0 radical (unpaired) electrons. The van der Waals surface area contributed by atoms with Crippen LogP contribution in [0.4, 0.5) is 13.2 Å². The van der Waals surface area contributed by atoms with Gasteiger partial charge in [-0.3, -0.25) is 4.98 Å². The highest BCUT2D eigenvalue weighted by Gasteiger charge is 2.32. The van der Waals surface area contributed by atoms with Crippen molar-refractivity contribution in [2.75, 3.05) is 0 Å². The summed E-state index contributed by atoms with van der Waals surface area (Å²) in [5.41, 5.74) is 2.48. The maximum atomic E-state index is 12.3. The predicted molar refractivity (Wildman–Crippen MR) is 59.5 cm³/mol. The molecule has 86 valence electrons. The summed E-state index contributed by atoms with van der Waals surface area (Å²) in [5.74, 6) is 2.77. The zero-order chi connectivity index (χ0) is 12.4. The molecule has 1 aromatic heterocycles. The molecule has 0 saturated heterocycles. The van der Waals surface area contributed by atoms with Crippen molar-refractivity contribution in [1.82, 2.24) is 4.98 Å². The lowest BCUT2D eigenvalue weighted by Crippen LogP contribution is -2.16. The fourth-order valence-corrected chi connectivity index (χ4v) is 1.44. The largest absolute Gasteiger partial charge is 0.433 e. The van der Waals surface area contributed by atoms with Crippen LogP contribution in [0.25, 0.3) is 0 Å². The summed E-state index contributed by atoms with van der Waals surface area (Å²) in [4.78, 5) is 3.27. The molecule has 0 aromatic carbocycles. The summed E-state index contributed by atoms with van der Waals surface area (Å²) < 4.78 is 37.0. The minimum absolute atomic E-state index is 0.366. The van der Waals surface area contributed by atoms with Crippen LogP contribution in [0.2, 0.25) is 19.6 Å². The number of alkyl halides is 3. The van der Waals surface area contributed by atoms with Crippen LogP contribution in [0.1, 0.15) is 11.3 Å². The highest BCUT2D eigenvalue weighted by atomic mass is 28.3. The van der Waals surface area contributed by atoms with E-state index in [1.54, 1.807) is 0 Å². The van der Waals surface area contributed by atoms with Crippen LogP contribution < -0.4 is 0 Å². The summed E-state index contributed by atoms with van der Waals surface area (Å²) in [7, 11) is -1.57. The minimum atomic E-state index is -4.41. The number of hydrogen-bond acceptors (Lipinski definition) is 1. The van der Waals surface area contributed by atoms with Gasteiger partial charge in [0.05, 0.1) is 0 Å². The van der Waals surface area contributed by atoms with Gasteiger partial charge in [-0.1, -0.05) is 25.6 Å². The molecule has 1 heterocycles. The number of nitrogens with zero attached hydrogens (tertiary/aromatic N) is 1. The summed E-state index contributed by atoms with van der Waals surface area (Å²) >= 11 is 0. The molecule has 0 aliphatic heterocycles. The van der Waals surface area contributed by atoms with E-state index < -0.39 is 19.9 Å². The van der Waals surface area contributed by atoms with E-state index in [0.29, 0.717) is 5.56 Å². The first-order valence-corrected chi connectivity index (χ1v) is 8.25. The average molecular weight is 243 g/mol. The third kappa shape index (κ3) is 4.07. The normalized spacial score (nSPS) is 11.9. The monoisotopic (exact) mass is 243 g/mol. The third-order valence-corrected chi connectivity index (χ3v) is 2.51. The van der Waals surface area contributed by atoms with Crippen molar-refractivity contribution < 1.29 is 13.2 Å². The molecule has 0 saturated carbocycles. The van der Waals surface area contributed by atoms with Gasteiger partial charge < -0.3 is 0 Å². The lowest BCUT2D eigenvalue weighted by Gasteiger charge is -2.06. The molecular weight excluding hydrogens is 231 g/mol. The Hall–Kier alpha value is -1.28. The first kappa shape index (κ1) is 12.8. The van der Waals surface area contributed by atoms with Crippen LogP contribution in [0, 0.1) is 11.5 Å². The van der Waals surface area contributed by atoms with E-state index in [-0.39, 0.29) is 0 Å². The number of rotatable bonds is 0. The number of aromatic nitrogens is 1. The summed E-state index contributed by atoms with van der Waals surface area (Å²) in [6, 6.07) is 2.47. The van der Waals surface area contributed by atoms with Crippen molar-refractivity contribution in [2.45, 2.75) is 25.8 Å². The van der Waals surface area contributed by atoms with Gasteiger partial charge in [-0.05, 0) is 12.1 Å². The van der Waals surface area contributed by atoms with Gasteiger partial charge in [-0.15, -0.1) is 5.54 Å². The van der Waals surface area contributed by atoms with Crippen molar-refractivity contribution in [1.29, 1.82) is 0 Å². The second kappa shape index (κ2) is 4.30. The third-order valence-electron chi connectivity index (χ3n) is 1.63. The molecular formula is C11H12F3NSi. The molecule has 0 bridgehead atoms. The molecule has 0 aliphatic carbocycles. The van der Waals surface area contributed by atoms with Gasteiger partial charge in [0.2, 0.25) is 0 Å². The number of hydrogen-bond donors (Lipinski definition) is 0. The van der Waals surface area contributed by atoms with E-state index >= 15 is 0 Å². The fraction of sp³-hybridized carbons (Fsp3) is 0.364. The lowest BCUT2D eigenvalue weighted by molar-refractivity contribution is -0.141. The van der Waals surface area contributed by atoms with Gasteiger partial charge in [0.1, 0.15) is 13.8 Å². The van der Waals surface area contributed by atoms with Crippen molar-refractivity contribution >= 4 is 8.07 Å². The Bertz CT molecular complexity index is 435. The number of pyridine rings is 1. The van der Waals surface area contributed by atoms with E-state index in [4.69, 9.17) is 0 Å². The summed E-state index contributed by atoms with van der Waals surface area (Å²) in [6.45, 7) is 6.10. The molecule has 1 nitrogen and oxygen atoms in total. The van der Waals surface area contributed by atoms with Crippen molar-refractivity contribution in [2.24, 2.45) is 0 Å². The predicted octanol–water partition coefficient (Wildman–Crippen LogP) is 3.33. The average Bonchev–Trinajstić information content (AvgIpc) is 2.13. The van der Waals surface area contributed by atoms with Gasteiger partial charge in [-0.2, -0.15) is 13.2 Å². The molecule has 0 amide bonds. The van der Waals surface area contributed by atoms with Crippen molar-refractivity contribution in [3.63, 3.8) is 0 Å². The molecule has 16 heavy (non-hydrogen) atoms. The molecule has 5 heteroatoms. The number of halogens is 3. The zero-order valence-electron chi connectivity index (χ0n) is 9.31. The van der Waals surface area contributed by atoms with Crippen LogP contribution in [0.15, 0.2) is 18.3 Å². The van der Waals surface area contributed by atoms with Gasteiger partial charge >= 0.3 is 6.18 Å². The Morgan fingerprint density at radius 2 is 1.88 bits per heavy atom. The first-order valence-electron chi connectivity index (χ1n) is 4.75. The van der Waals surface area contributed by atoms with E-state index in [2.05, 4.69) is 16.4 Å². The highest BCUT2D eigenvalue weighted by Crippen LogP contribution is 2.27. The fourth-order valence-electron chi connectivity index (χ4n) is 0.923. The molecule has 0 unspecified atom stereocenters. The molecule has 0 N–H and O–H groups in total. The zero-order valence-corrected chi connectivity index (χ0v) is 10.3. The second-order valence-corrected chi connectivity index (χ2v) is 9.18. The van der Waals surface area contributed by atoms with Crippen LogP contribution in [-0.2, 0) is 6.18 Å². The lowest BCUT2D eigenvalue weighted by atomic mass is 10.2. The standard InChI is InChI=1S/C11H12F3NSi/c1-16(2,3)7-5-9-4-6-15-10(8-9)11(12,13)14/h4,6,8H,1-3H3. The van der Waals surface area contributed by atoms with Gasteiger partial charge in [0.25, 0.3) is 0 Å². The van der Waals surface area contributed by atoms with Gasteiger partial charge in [0, 0.05) is 11.8 Å². The van der Waals surface area contributed by atoms with E-state index in [9.17, 15) is 13.2 Å². The van der Waals surface area contributed by atoms with E-state index in [0.717, 1.165) is 12.3 Å². The van der Waals surface area contributed by atoms with Crippen molar-refractivity contribution in [3.05, 3.63) is 29.6 Å². The maximum absolute atomic E-state index is 12.3.